The van der Waals surface area contributed by atoms with E-state index in [1.54, 1.807) is 26.0 Å². The maximum atomic E-state index is 12.4. The van der Waals surface area contributed by atoms with Crippen LogP contribution in [0.1, 0.15) is 26.0 Å². The van der Waals surface area contributed by atoms with Crippen molar-refractivity contribution in [2.24, 2.45) is 5.73 Å². The van der Waals surface area contributed by atoms with E-state index >= 15 is 0 Å². The molecule has 0 aliphatic heterocycles. The first-order chi connectivity index (χ1) is 8.43. The molecule has 102 valence electrons. The number of nitrogens with zero attached hydrogens (tertiary/aromatic N) is 1. The number of rotatable bonds is 7. The minimum absolute atomic E-state index is 0.00962. The number of hydrogen-bond acceptors (Lipinski definition) is 4. The van der Waals surface area contributed by atoms with Crippen LogP contribution in [0, 0.1) is 0 Å². The molecule has 0 aliphatic carbocycles. The first kappa shape index (κ1) is 15.1. The Morgan fingerprint density at radius 3 is 2.61 bits per heavy atom. The zero-order chi connectivity index (χ0) is 13.8. The molecule has 5 nitrogen and oxygen atoms in total. The second-order valence-corrected chi connectivity index (χ2v) is 6.44. The molecule has 0 radical (unpaired) electrons. The second kappa shape index (κ2) is 6.31. The number of thiocarbonyl (C=S) groups is 1. The molecule has 1 unspecified atom stereocenters. The van der Waals surface area contributed by atoms with Crippen molar-refractivity contribution in [2.75, 3.05) is 6.54 Å². The third-order valence-electron chi connectivity index (χ3n) is 2.67. The smallest absolute Gasteiger partial charge is 0.223 e. The molecule has 1 heterocycles. The Labute approximate surface area is 113 Å². The molecule has 0 fully saturated rings. The molecule has 7 heteroatoms. The number of hydrogen-bond donors (Lipinski definition) is 1. The lowest BCUT2D eigenvalue weighted by Crippen LogP contribution is -2.43. The Kier molecular flexibility index (Phi) is 5.30. The van der Waals surface area contributed by atoms with Crippen molar-refractivity contribution in [3.05, 3.63) is 24.2 Å². The topological polar surface area (TPSA) is 76.5 Å². The van der Waals surface area contributed by atoms with Gasteiger partial charge in [0.1, 0.15) is 11.0 Å². The zero-order valence-corrected chi connectivity index (χ0v) is 12.1. The van der Waals surface area contributed by atoms with Gasteiger partial charge in [0.15, 0.2) is 0 Å². The average molecular weight is 290 g/mol. The van der Waals surface area contributed by atoms with Crippen LogP contribution in [-0.2, 0) is 16.6 Å². The number of furan rings is 1. The van der Waals surface area contributed by atoms with E-state index in [-0.39, 0.29) is 11.5 Å². The monoisotopic (exact) mass is 290 g/mol. The van der Waals surface area contributed by atoms with E-state index in [9.17, 15) is 8.42 Å². The summed E-state index contributed by atoms with van der Waals surface area (Å²) >= 11 is 4.83. The largest absolute Gasteiger partial charge is 0.468 e. The molecule has 18 heavy (non-hydrogen) atoms. The predicted molar refractivity (Wildman–Crippen MR) is 74.6 cm³/mol. The van der Waals surface area contributed by atoms with Gasteiger partial charge in [-0.2, -0.15) is 4.31 Å². The van der Waals surface area contributed by atoms with E-state index in [1.807, 2.05) is 0 Å². The maximum absolute atomic E-state index is 12.4. The molecule has 2 N–H and O–H groups in total. The molecule has 0 aliphatic rings. The molecule has 0 saturated carbocycles. The van der Waals surface area contributed by atoms with Crippen LogP contribution in [0.5, 0.6) is 0 Å². The van der Waals surface area contributed by atoms with E-state index in [0.29, 0.717) is 18.7 Å². The molecular weight excluding hydrogens is 272 g/mol. The number of nitrogens with two attached hydrogens (primary N) is 1. The van der Waals surface area contributed by atoms with Crippen LogP contribution in [0.2, 0.25) is 0 Å². The van der Waals surface area contributed by atoms with Crippen LogP contribution in [0.25, 0.3) is 0 Å². The highest BCUT2D eigenvalue weighted by atomic mass is 32.2. The summed E-state index contributed by atoms with van der Waals surface area (Å²) in [4.78, 5) is 0.00962. The SMILES string of the molecule is CCC(C(N)=S)S(=O)(=O)N(CC)Cc1ccco1. The molecule has 1 atom stereocenters. The van der Waals surface area contributed by atoms with Crippen molar-refractivity contribution < 1.29 is 12.8 Å². The molecule has 1 aromatic heterocycles. The van der Waals surface area contributed by atoms with Crippen molar-refractivity contribution in [1.29, 1.82) is 0 Å². The van der Waals surface area contributed by atoms with Crippen molar-refractivity contribution in [3.63, 3.8) is 0 Å². The lowest BCUT2D eigenvalue weighted by atomic mass is 10.3. The normalized spacial score (nSPS) is 13.7. The summed E-state index contributed by atoms with van der Waals surface area (Å²) in [5.41, 5.74) is 5.50. The molecule has 0 saturated heterocycles. The van der Waals surface area contributed by atoms with Gasteiger partial charge in [-0.3, -0.25) is 0 Å². The summed E-state index contributed by atoms with van der Waals surface area (Å²) in [5.74, 6) is 0.596. The van der Waals surface area contributed by atoms with E-state index in [1.165, 1.54) is 10.6 Å². The van der Waals surface area contributed by atoms with Crippen molar-refractivity contribution in [1.82, 2.24) is 4.31 Å². The lowest BCUT2D eigenvalue weighted by molar-refractivity contribution is 0.373. The predicted octanol–water partition coefficient (Wildman–Crippen LogP) is 1.50. The van der Waals surface area contributed by atoms with Crippen LogP contribution in [0.3, 0.4) is 0 Å². The average Bonchev–Trinajstić information content (AvgIpc) is 2.78. The van der Waals surface area contributed by atoms with Gasteiger partial charge >= 0.3 is 0 Å². The molecule has 1 rings (SSSR count). The Morgan fingerprint density at radius 2 is 2.22 bits per heavy atom. The fraction of sp³-hybridized carbons (Fsp3) is 0.545. The highest BCUT2D eigenvalue weighted by molar-refractivity contribution is 7.92. The molecule has 1 aromatic rings. The molecule has 0 aromatic carbocycles. The van der Waals surface area contributed by atoms with E-state index in [4.69, 9.17) is 22.4 Å². The summed E-state index contributed by atoms with van der Waals surface area (Å²) in [7, 11) is -3.53. The molecular formula is C11H18N2O3S2. The Bertz CT molecular complexity index is 482. The van der Waals surface area contributed by atoms with Gasteiger partial charge in [-0.15, -0.1) is 0 Å². The third kappa shape index (κ3) is 3.30. The van der Waals surface area contributed by atoms with Crippen LogP contribution in [0.4, 0.5) is 0 Å². The minimum atomic E-state index is -3.53. The minimum Gasteiger partial charge on any atom is -0.468 e. The van der Waals surface area contributed by atoms with Crippen molar-refractivity contribution in [3.8, 4) is 0 Å². The van der Waals surface area contributed by atoms with Gasteiger partial charge in [0.05, 0.1) is 17.8 Å². The van der Waals surface area contributed by atoms with Crippen LogP contribution in [0.15, 0.2) is 22.8 Å². The summed E-state index contributed by atoms with van der Waals surface area (Å²) < 4.78 is 31.3. The molecule has 0 bridgehead atoms. The van der Waals surface area contributed by atoms with Gasteiger partial charge in [0, 0.05) is 6.54 Å². The summed E-state index contributed by atoms with van der Waals surface area (Å²) in [5, 5.41) is -0.817. The Balaban J connectivity index is 2.96. The van der Waals surface area contributed by atoms with Crippen molar-refractivity contribution in [2.45, 2.75) is 32.1 Å². The van der Waals surface area contributed by atoms with Crippen LogP contribution >= 0.6 is 12.2 Å². The summed E-state index contributed by atoms with van der Waals surface area (Å²) in [6.07, 6.45) is 1.88. The summed E-state index contributed by atoms with van der Waals surface area (Å²) in [6, 6.07) is 3.46. The van der Waals surface area contributed by atoms with Crippen LogP contribution in [-0.4, -0.2) is 29.5 Å². The first-order valence-electron chi connectivity index (χ1n) is 5.74. The highest BCUT2D eigenvalue weighted by Gasteiger charge is 2.32. The highest BCUT2D eigenvalue weighted by Crippen LogP contribution is 2.16. The zero-order valence-electron chi connectivity index (χ0n) is 10.5. The Hall–Kier alpha value is -0.920. The second-order valence-electron chi connectivity index (χ2n) is 3.85. The van der Waals surface area contributed by atoms with E-state index < -0.39 is 15.3 Å². The quantitative estimate of drug-likeness (QED) is 0.770. The molecule has 0 amide bonds. The van der Waals surface area contributed by atoms with Gasteiger partial charge in [0.2, 0.25) is 10.0 Å². The summed E-state index contributed by atoms with van der Waals surface area (Å²) in [6.45, 7) is 4.07. The van der Waals surface area contributed by atoms with Gasteiger partial charge in [-0.25, -0.2) is 8.42 Å². The fourth-order valence-corrected chi connectivity index (χ4v) is 3.97. The van der Waals surface area contributed by atoms with Gasteiger partial charge in [-0.1, -0.05) is 26.1 Å². The first-order valence-corrected chi connectivity index (χ1v) is 7.65. The standard InChI is InChI=1S/C11H18N2O3S2/c1-3-10(11(12)17)18(14,15)13(4-2)8-9-6-5-7-16-9/h5-7,10H,3-4,8H2,1-2H3,(H2,12,17). The maximum Gasteiger partial charge on any atom is 0.223 e. The van der Waals surface area contributed by atoms with Crippen molar-refractivity contribution >= 4 is 27.2 Å². The van der Waals surface area contributed by atoms with E-state index in [2.05, 4.69) is 0 Å². The fourth-order valence-electron chi connectivity index (χ4n) is 1.70. The lowest BCUT2D eigenvalue weighted by Gasteiger charge is -2.24. The third-order valence-corrected chi connectivity index (χ3v) is 5.52. The van der Waals surface area contributed by atoms with Gasteiger partial charge in [-0.05, 0) is 18.6 Å². The van der Waals surface area contributed by atoms with Crippen LogP contribution < -0.4 is 5.73 Å². The Morgan fingerprint density at radius 1 is 1.56 bits per heavy atom. The van der Waals surface area contributed by atoms with Gasteiger partial charge in [0.25, 0.3) is 0 Å². The molecule has 0 spiro atoms. The van der Waals surface area contributed by atoms with Gasteiger partial charge < -0.3 is 10.2 Å². The number of sulfonamides is 1. The van der Waals surface area contributed by atoms with E-state index in [0.717, 1.165) is 0 Å².